The van der Waals surface area contributed by atoms with Crippen LogP contribution in [0, 0.1) is 4.91 Å². The molecule has 1 aromatic carbocycles. The van der Waals surface area contributed by atoms with Crippen LogP contribution >= 0.6 is 0 Å². The molecule has 0 bridgehead atoms. The number of anilines is 1. The van der Waals surface area contributed by atoms with Gasteiger partial charge in [0, 0.05) is 19.2 Å². The second-order valence-electron chi connectivity index (χ2n) is 5.12. The molecule has 0 aliphatic rings. The van der Waals surface area contributed by atoms with E-state index in [2.05, 4.69) is 5.18 Å². The molecule has 0 fully saturated rings. The molecular formula is C13H19FN2O. The predicted molar refractivity (Wildman–Crippen MR) is 68.8 cm³/mol. The van der Waals surface area contributed by atoms with Gasteiger partial charge < -0.3 is 4.90 Å². The Bertz CT molecular complexity index is 376. The number of nitroso groups, excluding NO2 is 1. The van der Waals surface area contributed by atoms with Crippen molar-refractivity contribution < 1.29 is 4.39 Å². The van der Waals surface area contributed by atoms with E-state index in [1.165, 1.54) is 11.8 Å². The highest BCUT2D eigenvalue weighted by atomic mass is 19.1. The quantitative estimate of drug-likeness (QED) is 0.578. The first-order valence-electron chi connectivity index (χ1n) is 5.61. The molecule has 4 heteroatoms. The van der Waals surface area contributed by atoms with Crippen LogP contribution in [-0.2, 0) is 0 Å². The molecule has 0 aliphatic heterocycles. The third-order valence-electron chi connectivity index (χ3n) is 2.85. The van der Waals surface area contributed by atoms with Crippen LogP contribution in [0.5, 0.6) is 0 Å². The summed E-state index contributed by atoms with van der Waals surface area (Å²) in [4.78, 5) is 12.2. The molecule has 0 saturated heterocycles. The van der Waals surface area contributed by atoms with Gasteiger partial charge in [0.15, 0.2) is 5.79 Å². The smallest absolute Gasteiger partial charge is 0.182 e. The van der Waals surface area contributed by atoms with Crippen LogP contribution in [-0.4, -0.2) is 18.4 Å². The predicted octanol–water partition coefficient (Wildman–Crippen LogP) is 3.74. The topological polar surface area (TPSA) is 32.7 Å². The summed E-state index contributed by atoms with van der Waals surface area (Å²) < 4.78 is 14.6. The number of alkyl halides is 1. The molecule has 0 spiro atoms. The van der Waals surface area contributed by atoms with E-state index in [9.17, 15) is 9.30 Å². The first kappa shape index (κ1) is 13.6. The molecular weight excluding hydrogens is 219 g/mol. The summed E-state index contributed by atoms with van der Waals surface area (Å²) in [6.07, 6.45) is 0.0505. The minimum absolute atomic E-state index is 0.0505. The molecule has 17 heavy (non-hydrogen) atoms. The Hall–Kier alpha value is -1.45. The van der Waals surface area contributed by atoms with E-state index in [0.29, 0.717) is 0 Å². The zero-order valence-corrected chi connectivity index (χ0v) is 10.8. The Morgan fingerprint density at radius 2 is 1.76 bits per heavy atom. The van der Waals surface area contributed by atoms with Gasteiger partial charge in [-0.05, 0) is 32.9 Å². The van der Waals surface area contributed by atoms with E-state index >= 15 is 0 Å². The summed E-state index contributed by atoms with van der Waals surface area (Å²) in [5.41, 5.74) is -0.133. The van der Waals surface area contributed by atoms with E-state index < -0.39 is 11.3 Å². The molecule has 94 valence electrons. The van der Waals surface area contributed by atoms with E-state index in [4.69, 9.17) is 0 Å². The van der Waals surface area contributed by atoms with Crippen LogP contribution in [0.3, 0.4) is 0 Å². The Morgan fingerprint density at radius 3 is 2.24 bits per heavy atom. The molecule has 0 aliphatic carbocycles. The lowest BCUT2D eigenvalue weighted by molar-refractivity contribution is 0.143. The Labute approximate surface area is 102 Å². The number of hydrogen-bond acceptors (Lipinski definition) is 3. The third-order valence-corrected chi connectivity index (χ3v) is 2.85. The summed E-state index contributed by atoms with van der Waals surface area (Å²) in [6.45, 7) is 4.74. The van der Waals surface area contributed by atoms with Crippen LogP contribution in [0.4, 0.5) is 10.1 Å². The standard InChI is InChI=1S/C13H19FN2O/c1-12(2,15-17)10-13(3,14)16(4)11-8-6-5-7-9-11/h5-9H,10H2,1-4H3. The van der Waals surface area contributed by atoms with E-state index in [1.807, 2.05) is 30.3 Å². The minimum Gasteiger partial charge on any atom is -0.343 e. The monoisotopic (exact) mass is 238 g/mol. The summed E-state index contributed by atoms with van der Waals surface area (Å²) in [5, 5.41) is 2.96. The molecule has 0 amide bonds. The SMILES string of the molecule is CN(c1ccccc1)C(C)(F)CC(C)(C)N=O. The number of nitrogens with zero attached hydrogens (tertiary/aromatic N) is 2. The molecule has 1 rings (SSSR count). The molecule has 0 saturated carbocycles. The minimum atomic E-state index is -1.61. The Balaban J connectivity index is 2.87. The summed E-state index contributed by atoms with van der Waals surface area (Å²) in [6, 6.07) is 9.25. The van der Waals surface area contributed by atoms with Gasteiger partial charge in [-0.1, -0.05) is 23.4 Å². The number of para-hydroxylation sites is 1. The number of rotatable bonds is 5. The maximum Gasteiger partial charge on any atom is 0.182 e. The maximum atomic E-state index is 14.6. The maximum absolute atomic E-state index is 14.6. The van der Waals surface area contributed by atoms with Gasteiger partial charge in [0.1, 0.15) is 5.54 Å². The van der Waals surface area contributed by atoms with Crippen molar-refractivity contribution in [3.8, 4) is 0 Å². The van der Waals surface area contributed by atoms with Crippen LogP contribution < -0.4 is 4.90 Å². The summed E-state index contributed by atoms with van der Waals surface area (Å²) in [5.74, 6) is -1.61. The van der Waals surface area contributed by atoms with E-state index in [0.717, 1.165) is 5.69 Å². The van der Waals surface area contributed by atoms with Gasteiger partial charge in [-0.2, -0.15) is 4.91 Å². The largest absolute Gasteiger partial charge is 0.343 e. The van der Waals surface area contributed by atoms with Gasteiger partial charge in [-0.25, -0.2) is 4.39 Å². The van der Waals surface area contributed by atoms with Crippen molar-refractivity contribution in [3.05, 3.63) is 35.2 Å². The van der Waals surface area contributed by atoms with Crippen molar-refractivity contribution in [2.24, 2.45) is 5.18 Å². The number of halogens is 1. The molecule has 1 unspecified atom stereocenters. The van der Waals surface area contributed by atoms with Crippen molar-refractivity contribution in [3.63, 3.8) is 0 Å². The fraction of sp³-hybridized carbons (Fsp3) is 0.538. The van der Waals surface area contributed by atoms with Gasteiger partial charge in [0.2, 0.25) is 0 Å². The van der Waals surface area contributed by atoms with Gasteiger partial charge >= 0.3 is 0 Å². The molecule has 1 aromatic rings. The van der Waals surface area contributed by atoms with Gasteiger partial charge in [-0.3, -0.25) is 0 Å². The van der Waals surface area contributed by atoms with E-state index in [-0.39, 0.29) is 6.42 Å². The van der Waals surface area contributed by atoms with Crippen LogP contribution in [0.1, 0.15) is 27.2 Å². The summed E-state index contributed by atoms with van der Waals surface area (Å²) >= 11 is 0. The first-order chi connectivity index (χ1) is 7.78. The van der Waals surface area contributed by atoms with Gasteiger partial charge in [0.25, 0.3) is 0 Å². The summed E-state index contributed by atoms with van der Waals surface area (Å²) in [7, 11) is 1.68. The lowest BCUT2D eigenvalue weighted by Gasteiger charge is -2.36. The number of hydrogen-bond donors (Lipinski definition) is 0. The lowest BCUT2D eigenvalue weighted by Crippen LogP contribution is -2.44. The lowest BCUT2D eigenvalue weighted by atomic mass is 9.94. The Morgan fingerprint density at radius 1 is 1.24 bits per heavy atom. The van der Waals surface area contributed by atoms with E-state index in [1.54, 1.807) is 20.9 Å². The molecule has 0 radical (unpaired) electrons. The fourth-order valence-electron chi connectivity index (χ4n) is 1.86. The van der Waals surface area contributed by atoms with Crippen LogP contribution in [0.25, 0.3) is 0 Å². The molecule has 3 nitrogen and oxygen atoms in total. The zero-order valence-electron chi connectivity index (χ0n) is 10.8. The van der Waals surface area contributed by atoms with Crippen molar-refractivity contribution >= 4 is 5.69 Å². The third kappa shape index (κ3) is 3.51. The van der Waals surface area contributed by atoms with Crippen molar-refractivity contribution in [2.45, 2.75) is 38.5 Å². The highest BCUT2D eigenvalue weighted by molar-refractivity contribution is 5.47. The molecule has 1 atom stereocenters. The zero-order chi connectivity index (χ0) is 13.1. The fourth-order valence-corrected chi connectivity index (χ4v) is 1.86. The Kier molecular flexibility index (Phi) is 3.86. The van der Waals surface area contributed by atoms with Crippen molar-refractivity contribution in [1.82, 2.24) is 0 Å². The van der Waals surface area contributed by atoms with Crippen LogP contribution in [0.2, 0.25) is 0 Å². The molecule has 0 N–H and O–H groups in total. The highest BCUT2D eigenvalue weighted by Gasteiger charge is 2.37. The number of benzene rings is 1. The average molecular weight is 238 g/mol. The van der Waals surface area contributed by atoms with Gasteiger partial charge in [0.05, 0.1) is 0 Å². The van der Waals surface area contributed by atoms with Crippen molar-refractivity contribution in [2.75, 3.05) is 11.9 Å². The molecule has 0 heterocycles. The second kappa shape index (κ2) is 4.82. The average Bonchev–Trinajstić information content (AvgIpc) is 2.28. The van der Waals surface area contributed by atoms with Crippen LogP contribution in [0.15, 0.2) is 35.5 Å². The first-order valence-corrected chi connectivity index (χ1v) is 5.61. The molecule has 0 aromatic heterocycles. The van der Waals surface area contributed by atoms with Crippen molar-refractivity contribution in [1.29, 1.82) is 0 Å². The normalized spacial score (nSPS) is 15.1. The van der Waals surface area contributed by atoms with Gasteiger partial charge in [-0.15, -0.1) is 0 Å². The second-order valence-corrected chi connectivity index (χ2v) is 5.12. The highest BCUT2D eigenvalue weighted by Crippen LogP contribution is 2.32.